The number of esters is 1. The number of hydrogen-bond acceptors (Lipinski definition) is 6. The largest absolute Gasteiger partial charge is 0.465 e. The topological polar surface area (TPSA) is 85.4 Å². The van der Waals surface area contributed by atoms with E-state index in [1.165, 1.54) is 24.6 Å². The SMILES string of the molecule is COC(=O)c1cc(S(=O)(=O)NCCc2nc(-c3ccc4ccccc4c3)sc2C)ccc1C. The first-order chi connectivity index (χ1) is 15.8. The number of aryl methyl sites for hydroxylation is 2. The van der Waals surface area contributed by atoms with Crippen LogP contribution in [0.1, 0.15) is 26.5 Å². The second-order valence-corrected chi connectivity index (χ2v) is 10.7. The number of nitrogens with one attached hydrogen (secondary N) is 1. The number of aromatic nitrogens is 1. The van der Waals surface area contributed by atoms with Gasteiger partial charge < -0.3 is 4.74 Å². The number of thiazole rings is 1. The molecule has 0 radical (unpaired) electrons. The van der Waals surface area contributed by atoms with Gasteiger partial charge in [0.15, 0.2) is 0 Å². The molecule has 0 atom stereocenters. The lowest BCUT2D eigenvalue weighted by molar-refractivity contribution is 0.0599. The van der Waals surface area contributed by atoms with Gasteiger partial charge in [0.2, 0.25) is 10.0 Å². The fourth-order valence-corrected chi connectivity index (χ4v) is 5.60. The quantitative estimate of drug-likeness (QED) is 0.381. The molecule has 0 saturated carbocycles. The average molecular weight is 481 g/mol. The van der Waals surface area contributed by atoms with E-state index < -0.39 is 16.0 Å². The van der Waals surface area contributed by atoms with Crippen molar-refractivity contribution in [1.82, 2.24) is 9.71 Å². The summed E-state index contributed by atoms with van der Waals surface area (Å²) in [7, 11) is -2.51. The fraction of sp³-hybridized carbons (Fsp3) is 0.200. The van der Waals surface area contributed by atoms with Crippen LogP contribution in [0.25, 0.3) is 21.3 Å². The normalized spacial score (nSPS) is 11.6. The van der Waals surface area contributed by atoms with Crippen LogP contribution in [0.4, 0.5) is 0 Å². The molecule has 0 amide bonds. The monoisotopic (exact) mass is 480 g/mol. The summed E-state index contributed by atoms with van der Waals surface area (Å²) in [5, 5.41) is 3.24. The Morgan fingerprint density at radius 2 is 1.79 bits per heavy atom. The highest BCUT2D eigenvalue weighted by Gasteiger charge is 2.19. The summed E-state index contributed by atoms with van der Waals surface area (Å²) in [5.41, 5.74) is 2.80. The third kappa shape index (κ3) is 4.98. The zero-order valence-electron chi connectivity index (χ0n) is 18.6. The molecule has 1 N–H and O–H groups in total. The molecule has 0 aliphatic heterocycles. The van der Waals surface area contributed by atoms with Crippen molar-refractivity contribution < 1.29 is 17.9 Å². The zero-order chi connectivity index (χ0) is 23.6. The van der Waals surface area contributed by atoms with Gasteiger partial charge in [-0.3, -0.25) is 0 Å². The van der Waals surface area contributed by atoms with E-state index >= 15 is 0 Å². The molecule has 4 aromatic rings. The maximum atomic E-state index is 12.8. The number of methoxy groups -OCH3 is 1. The number of carbonyl (C=O) groups excluding carboxylic acids is 1. The predicted octanol–water partition coefficient (Wildman–Crippen LogP) is 4.89. The number of hydrogen-bond donors (Lipinski definition) is 1. The summed E-state index contributed by atoms with van der Waals surface area (Å²) in [6.07, 6.45) is 0.463. The maximum absolute atomic E-state index is 12.8. The first-order valence-electron chi connectivity index (χ1n) is 10.4. The number of sulfonamides is 1. The summed E-state index contributed by atoms with van der Waals surface area (Å²) in [4.78, 5) is 17.7. The Morgan fingerprint density at radius 1 is 1.03 bits per heavy atom. The van der Waals surface area contributed by atoms with Crippen molar-refractivity contribution in [2.24, 2.45) is 0 Å². The first-order valence-corrected chi connectivity index (χ1v) is 12.7. The van der Waals surface area contributed by atoms with E-state index in [2.05, 4.69) is 35.1 Å². The maximum Gasteiger partial charge on any atom is 0.338 e. The van der Waals surface area contributed by atoms with Gasteiger partial charge >= 0.3 is 5.97 Å². The minimum Gasteiger partial charge on any atom is -0.465 e. The molecule has 3 aromatic carbocycles. The Morgan fingerprint density at radius 3 is 2.55 bits per heavy atom. The van der Waals surface area contributed by atoms with Gasteiger partial charge in [-0.15, -0.1) is 11.3 Å². The second kappa shape index (κ2) is 9.43. The van der Waals surface area contributed by atoms with Gasteiger partial charge in [0.1, 0.15) is 5.01 Å². The summed E-state index contributed by atoms with van der Waals surface area (Å²) in [6, 6.07) is 18.9. The summed E-state index contributed by atoms with van der Waals surface area (Å²) in [5.74, 6) is -0.566. The number of nitrogens with zero attached hydrogens (tertiary/aromatic N) is 1. The molecule has 33 heavy (non-hydrogen) atoms. The van der Waals surface area contributed by atoms with Crippen LogP contribution in [-0.4, -0.2) is 33.0 Å². The highest BCUT2D eigenvalue weighted by atomic mass is 32.2. The predicted molar refractivity (Wildman–Crippen MR) is 131 cm³/mol. The third-order valence-corrected chi connectivity index (χ3v) is 7.99. The molecule has 0 fully saturated rings. The lowest BCUT2D eigenvalue weighted by atomic mass is 10.1. The molecule has 0 spiro atoms. The fourth-order valence-electron chi connectivity index (χ4n) is 3.59. The number of ether oxygens (including phenoxy) is 1. The van der Waals surface area contributed by atoms with Crippen molar-refractivity contribution in [3.8, 4) is 10.6 Å². The second-order valence-electron chi connectivity index (χ2n) is 7.70. The van der Waals surface area contributed by atoms with E-state index in [9.17, 15) is 13.2 Å². The lowest BCUT2D eigenvalue weighted by Crippen LogP contribution is -2.26. The van der Waals surface area contributed by atoms with Crippen LogP contribution in [0.15, 0.2) is 65.6 Å². The molecular formula is C25H24N2O4S2. The van der Waals surface area contributed by atoms with E-state index in [1.54, 1.807) is 24.3 Å². The molecule has 1 heterocycles. The first kappa shape index (κ1) is 23.1. The van der Waals surface area contributed by atoms with Crippen LogP contribution in [0.2, 0.25) is 0 Å². The molecule has 8 heteroatoms. The standard InChI is InChI=1S/C25H24N2O4S2/c1-16-8-11-21(15-22(16)25(28)31-3)33(29,30)26-13-12-23-17(2)32-24(27-23)20-10-9-18-6-4-5-7-19(18)14-20/h4-11,14-15,26H,12-13H2,1-3H3. The third-order valence-electron chi connectivity index (χ3n) is 5.47. The Kier molecular flexibility index (Phi) is 6.60. The van der Waals surface area contributed by atoms with Crippen LogP contribution in [0.5, 0.6) is 0 Å². The van der Waals surface area contributed by atoms with Crippen molar-refractivity contribution in [2.75, 3.05) is 13.7 Å². The van der Waals surface area contributed by atoms with E-state index in [-0.39, 0.29) is 17.0 Å². The minimum atomic E-state index is -3.78. The van der Waals surface area contributed by atoms with Gasteiger partial charge in [0, 0.05) is 23.4 Å². The van der Waals surface area contributed by atoms with E-state index in [4.69, 9.17) is 9.72 Å². The molecule has 6 nitrogen and oxygen atoms in total. The van der Waals surface area contributed by atoms with Gasteiger partial charge in [0.25, 0.3) is 0 Å². The molecule has 1 aromatic heterocycles. The molecule has 0 bridgehead atoms. The number of benzene rings is 3. The van der Waals surface area contributed by atoms with Crippen LogP contribution in [0.3, 0.4) is 0 Å². The van der Waals surface area contributed by atoms with Crippen LogP contribution >= 0.6 is 11.3 Å². The minimum absolute atomic E-state index is 0.0281. The molecule has 0 aliphatic carbocycles. The average Bonchev–Trinajstić information content (AvgIpc) is 3.18. The number of rotatable bonds is 7. The Balaban J connectivity index is 1.47. The highest BCUT2D eigenvalue weighted by molar-refractivity contribution is 7.89. The van der Waals surface area contributed by atoms with Gasteiger partial charge in [-0.1, -0.05) is 42.5 Å². The van der Waals surface area contributed by atoms with E-state index in [0.717, 1.165) is 26.5 Å². The molecule has 0 saturated heterocycles. The van der Waals surface area contributed by atoms with E-state index in [0.29, 0.717) is 12.0 Å². The zero-order valence-corrected chi connectivity index (χ0v) is 20.2. The van der Waals surface area contributed by atoms with Crippen molar-refractivity contribution in [1.29, 1.82) is 0 Å². The number of fused-ring (bicyclic) bond motifs is 1. The highest BCUT2D eigenvalue weighted by Crippen LogP contribution is 2.30. The summed E-state index contributed by atoms with van der Waals surface area (Å²) >= 11 is 1.60. The van der Waals surface area contributed by atoms with Crippen LogP contribution < -0.4 is 4.72 Å². The summed E-state index contributed by atoms with van der Waals surface area (Å²) in [6.45, 7) is 3.92. The van der Waals surface area contributed by atoms with E-state index in [1.807, 2.05) is 19.1 Å². The molecule has 0 unspecified atom stereocenters. The smallest absolute Gasteiger partial charge is 0.338 e. The van der Waals surface area contributed by atoms with Gasteiger partial charge in [0.05, 0.1) is 23.3 Å². The Hall–Kier alpha value is -3.07. The molecule has 0 aliphatic rings. The van der Waals surface area contributed by atoms with Gasteiger partial charge in [-0.2, -0.15) is 0 Å². The molecule has 4 rings (SSSR count). The van der Waals surface area contributed by atoms with Crippen LogP contribution in [0, 0.1) is 13.8 Å². The van der Waals surface area contributed by atoms with Gasteiger partial charge in [-0.25, -0.2) is 22.9 Å². The van der Waals surface area contributed by atoms with Crippen molar-refractivity contribution in [3.05, 3.63) is 82.4 Å². The van der Waals surface area contributed by atoms with Crippen LogP contribution in [-0.2, 0) is 21.2 Å². The van der Waals surface area contributed by atoms with Gasteiger partial charge in [-0.05, 0) is 48.4 Å². The van der Waals surface area contributed by atoms with Crippen molar-refractivity contribution >= 4 is 38.1 Å². The molecular weight excluding hydrogens is 456 g/mol. The number of carbonyl (C=O) groups is 1. The van der Waals surface area contributed by atoms with Crippen molar-refractivity contribution in [3.63, 3.8) is 0 Å². The summed E-state index contributed by atoms with van der Waals surface area (Å²) < 4.78 is 32.9. The Labute approximate surface area is 197 Å². The Bertz CT molecular complexity index is 1440. The molecule has 170 valence electrons. The lowest BCUT2D eigenvalue weighted by Gasteiger charge is -2.09. The van der Waals surface area contributed by atoms with Crippen molar-refractivity contribution in [2.45, 2.75) is 25.2 Å².